The molecule has 0 fully saturated rings. The van der Waals surface area contributed by atoms with E-state index in [2.05, 4.69) is 57.3 Å². The fourth-order valence-corrected chi connectivity index (χ4v) is 2.95. The van der Waals surface area contributed by atoms with E-state index in [4.69, 9.17) is 16.6 Å². The summed E-state index contributed by atoms with van der Waals surface area (Å²) in [5.74, 6) is 0.882. The second-order valence-electron chi connectivity index (χ2n) is 5.86. The molecule has 3 nitrogen and oxygen atoms in total. The molecule has 0 saturated heterocycles. The number of rotatable bonds is 5. The fourth-order valence-electron chi connectivity index (χ4n) is 2.44. The molecule has 0 bridgehead atoms. The molecule has 0 atom stereocenters. The molecule has 0 radical (unpaired) electrons. The van der Waals surface area contributed by atoms with Crippen LogP contribution >= 0.6 is 28.1 Å². The van der Waals surface area contributed by atoms with Gasteiger partial charge in [0.1, 0.15) is 5.76 Å². The van der Waals surface area contributed by atoms with Gasteiger partial charge in [-0.3, -0.25) is 0 Å². The quantitative estimate of drug-likeness (QED) is 0.537. The van der Waals surface area contributed by atoms with Crippen molar-refractivity contribution in [2.24, 2.45) is 0 Å². The topological polar surface area (TPSA) is 28.4 Å². The van der Waals surface area contributed by atoms with Gasteiger partial charge < -0.3 is 14.6 Å². The molecule has 3 aromatic rings. The van der Waals surface area contributed by atoms with Crippen molar-refractivity contribution in [1.29, 1.82) is 0 Å². The Morgan fingerprint density at radius 1 is 1.04 bits per heavy atom. The zero-order chi connectivity index (χ0) is 17.6. The SMILES string of the molecule is Cc1ccc(CN(Cc2ccco2)C(=S)Nc2ccc(Br)cc2)cc1. The molecule has 0 spiro atoms. The van der Waals surface area contributed by atoms with Gasteiger partial charge in [-0.15, -0.1) is 0 Å². The predicted molar refractivity (Wildman–Crippen MR) is 109 cm³/mol. The molecule has 0 amide bonds. The summed E-state index contributed by atoms with van der Waals surface area (Å²) in [6, 6.07) is 20.3. The number of furan rings is 1. The summed E-state index contributed by atoms with van der Waals surface area (Å²) in [5, 5.41) is 3.97. The molecule has 128 valence electrons. The van der Waals surface area contributed by atoms with Crippen LogP contribution in [0.25, 0.3) is 0 Å². The summed E-state index contributed by atoms with van der Waals surface area (Å²) in [6.07, 6.45) is 1.69. The second-order valence-corrected chi connectivity index (χ2v) is 7.16. The number of thiocarbonyl (C=S) groups is 1. The Morgan fingerprint density at radius 3 is 2.40 bits per heavy atom. The number of hydrogen-bond acceptors (Lipinski definition) is 2. The first-order valence-electron chi connectivity index (χ1n) is 7.99. The van der Waals surface area contributed by atoms with E-state index in [1.54, 1.807) is 6.26 Å². The Balaban J connectivity index is 1.75. The smallest absolute Gasteiger partial charge is 0.174 e. The summed E-state index contributed by atoms with van der Waals surface area (Å²) in [5.41, 5.74) is 3.41. The van der Waals surface area contributed by atoms with E-state index in [-0.39, 0.29) is 0 Å². The predicted octanol–water partition coefficient (Wildman–Crippen LogP) is 5.75. The first kappa shape index (κ1) is 17.7. The van der Waals surface area contributed by atoms with Gasteiger partial charge in [0.25, 0.3) is 0 Å². The van der Waals surface area contributed by atoms with Crippen LogP contribution in [0.3, 0.4) is 0 Å². The van der Waals surface area contributed by atoms with Gasteiger partial charge in [0.15, 0.2) is 5.11 Å². The zero-order valence-corrected chi connectivity index (χ0v) is 16.3. The van der Waals surface area contributed by atoms with Gasteiger partial charge in [-0.05, 0) is 61.1 Å². The van der Waals surface area contributed by atoms with Crippen LogP contribution in [-0.4, -0.2) is 10.0 Å². The highest BCUT2D eigenvalue weighted by Crippen LogP contribution is 2.17. The average Bonchev–Trinajstić information content (AvgIpc) is 3.11. The monoisotopic (exact) mass is 414 g/mol. The van der Waals surface area contributed by atoms with Crippen molar-refractivity contribution in [2.75, 3.05) is 5.32 Å². The molecule has 0 saturated carbocycles. The molecule has 0 aliphatic rings. The number of nitrogens with one attached hydrogen (secondary N) is 1. The Kier molecular flexibility index (Phi) is 5.89. The van der Waals surface area contributed by atoms with E-state index in [1.165, 1.54) is 11.1 Å². The van der Waals surface area contributed by atoms with Crippen LogP contribution in [0.1, 0.15) is 16.9 Å². The third-order valence-corrected chi connectivity index (χ3v) is 4.69. The average molecular weight is 415 g/mol. The Hall–Kier alpha value is -2.11. The zero-order valence-electron chi connectivity index (χ0n) is 13.9. The van der Waals surface area contributed by atoms with Crippen molar-refractivity contribution in [1.82, 2.24) is 4.90 Å². The van der Waals surface area contributed by atoms with Crippen molar-refractivity contribution in [2.45, 2.75) is 20.0 Å². The van der Waals surface area contributed by atoms with Crippen molar-refractivity contribution < 1.29 is 4.42 Å². The lowest BCUT2D eigenvalue weighted by atomic mass is 10.1. The largest absolute Gasteiger partial charge is 0.467 e. The number of aryl methyl sites for hydroxylation is 1. The number of nitrogens with zero attached hydrogens (tertiary/aromatic N) is 1. The maximum Gasteiger partial charge on any atom is 0.174 e. The minimum absolute atomic E-state index is 0.614. The highest BCUT2D eigenvalue weighted by Gasteiger charge is 2.13. The molecular formula is C20H19BrN2OS. The van der Waals surface area contributed by atoms with Gasteiger partial charge in [0.2, 0.25) is 0 Å². The van der Waals surface area contributed by atoms with Crippen molar-refractivity contribution in [3.63, 3.8) is 0 Å². The standard InChI is InChI=1S/C20H19BrN2OS/c1-15-4-6-16(7-5-15)13-23(14-19-3-2-12-24-19)20(25)22-18-10-8-17(21)9-11-18/h2-12H,13-14H2,1H3,(H,22,25). The Bertz CT molecular complexity index is 814. The van der Waals surface area contributed by atoms with E-state index in [0.717, 1.165) is 15.9 Å². The molecule has 0 aliphatic heterocycles. The third kappa shape index (κ3) is 5.18. The van der Waals surface area contributed by atoms with E-state index in [9.17, 15) is 0 Å². The van der Waals surface area contributed by atoms with Crippen molar-refractivity contribution >= 4 is 38.9 Å². The van der Waals surface area contributed by atoms with Crippen LogP contribution in [0.15, 0.2) is 75.8 Å². The van der Waals surface area contributed by atoms with Crippen LogP contribution in [0.4, 0.5) is 5.69 Å². The maximum absolute atomic E-state index is 5.65. The lowest BCUT2D eigenvalue weighted by Gasteiger charge is -2.25. The number of hydrogen-bond donors (Lipinski definition) is 1. The molecule has 0 aliphatic carbocycles. The Labute approximate surface area is 161 Å². The summed E-state index contributed by atoms with van der Waals surface area (Å²) < 4.78 is 6.54. The molecule has 3 rings (SSSR count). The van der Waals surface area contributed by atoms with Gasteiger partial charge in [-0.25, -0.2) is 0 Å². The first-order chi connectivity index (χ1) is 12.1. The number of anilines is 1. The lowest BCUT2D eigenvalue weighted by molar-refractivity contribution is 0.360. The first-order valence-corrected chi connectivity index (χ1v) is 9.20. The van der Waals surface area contributed by atoms with Crippen molar-refractivity contribution in [3.8, 4) is 0 Å². The molecule has 1 N–H and O–H groups in total. The summed E-state index contributed by atoms with van der Waals surface area (Å²) >= 11 is 9.10. The molecule has 2 aromatic carbocycles. The minimum Gasteiger partial charge on any atom is -0.467 e. The fraction of sp³-hybridized carbons (Fsp3) is 0.150. The van der Waals surface area contributed by atoms with Gasteiger partial charge in [-0.1, -0.05) is 45.8 Å². The van der Waals surface area contributed by atoms with Gasteiger partial charge in [0, 0.05) is 16.7 Å². The van der Waals surface area contributed by atoms with E-state index >= 15 is 0 Å². The number of halogens is 1. The summed E-state index contributed by atoms with van der Waals surface area (Å²) in [7, 11) is 0. The summed E-state index contributed by atoms with van der Waals surface area (Å²) in [6.45, 7) is 3.41. The second kappa shape index (κ2) is 8.32. The minimum atomic E-state index is 0.614. The molecule has 0 unspecified atom stereocenters. The highest BCUT2D eigenvalue weighted by atomic mass is 79.9. The maximum atomic E-state index is 5.65. The van der Waals surface area contributed by atoms with E-state index in [0.29, 0.717) is 18.2 Å². The molecular weight excluding hydrogens is 396 g/mol. The van der Waals surface area contributed by atoms with Crippen LogP contribution < -0.4 is 5.32 Å². The lowest BCUT2D eigenvalue weighted by Crippen LogP contribution is -2.33. The molecule has 25 heavy (non-hydrogen) atoms. The summed E-state index contributed by atoms with van der Waals surface area (Å²) in [4.78, 5) is 2.10. The van der Waals surface area contributed by atoms with Crippen molar-refractivity contribution in [3.05, 3.63) is 88.3 Å². The Morgan fingerprint density at radius 2 is 1.76 bits per heavy atom. The van der Waals surface area contributed by atoms with Crippen LogP contribution in [-0.2, 0) is 13.1 Å². The molecule has 5 heteroatoms. The van der Waals surface area contributed by atoms with Crippen LogP contribution in [0, 0.1) is 6.92 Å². The van der Waals surface area contributed by atoms with Gasteiger partial charge in [-0.2, -0.15) is 0 Å². The normalized spacial score (nSPS) is 10.5. The highest BCUT2D eigenvalue weighted by molar-refractivity contribution is 9.10. The van der Waals surface area contributed by atoms with Gasteiger partial charge in [0.05, 0.1) is 12.8 Å². The number of benzene rings is 2. The van der Waals surface area contributed by atoms with Crippen LogP contribution in [0.5, 0.6) is 0 Å². The van der Waals surface area contributed by atoms with E-state index in [1.807, 2.05) is 36.4 Å². The van der Waals surface area contributed by atoms with Gasteiger partial charge >= 0.3 is 0 Å². The molecule has 1 heterocycles. The third-order valence-electron chi connectivity index (χ3n) is 3.80. The molecule has 1 aromatic heterocycles. The van der Waals surface area contributed by atoms with E-state index < -0.39 is 0 Å². The van der Waals surface area contributed by atoms with Crippen LogP contribution in [0.2, 0.25) is 0 Å².